The Hall–Kier alpha value is -2.08. The number of rotatable bonds is 3. The number of hydrogen-bond acceptors (Lipinski definition) is 4. The fourth-order valence-corrected chi connectivity index (χ4v) is 2.68. The van der Waals surface area contributed by atoms with Crippen LogP contribution in [0.5, 0.6) is 5.75 Å². The molecule has 0 saturated heterocycles. The molecule has 0 atom stereocenters. The molecule has 0 fully saturated rings. The van der Waals surface area contributed by atoms with E-state index in [0.717, 1.165) is 23.5 Å². The van der Waals surface area contributed by atoms with Crippen molar-refractivity contribution >= 4 is 0 Å². The SMILES string of the molecule is COc1cc(F)c(CN2CCc3nc(C)ncc3C2)c(F)c1. The normalized spacial score (nSPS) is 14.7. The third-order valence-electron chi connectivity index (χ3n) is 3.87. The summed E-state index contributed by atoms with van der Waals surface area (Å²) in [7, 11) is 1.39. The molecule has 0 spiro atoms. The van der Waals surface area contributed by atoms with E-state index >= 15 is 0 Å². The molecule has 1 aromatic carbocycles. The summed E-state index contributed by atoms with van der Waals surface area (Å²) in [5, 5.41) is 0. The van der Waals surface area contributed by atoms with Crippen LogP contribution in [0, 0.1) is 18.6 Å². The smallest absolute Gasteiger partial charge is 0.134 e. The van der Waals surface area contributed by atoms with E-state index in [-0.39, 0.29) is 17.9 Å². The standard InChI is InChI=1S/C16H17F2N3O/c1-10-19-7-11-8-21(4-3-16(11)20-10)9-13-14(17)5-12(22-2)6-15(13)18/h5-7H,3-4,8-9H2,1-2H3. The monoisotopic (exact) mass is 305 g/mol. The number of ether oxygens (including phenoxy) is 1. The molecule has 1 aliphatic heterocycles. The predicted octanol–water partition coefficient (Wildman–Crippen LogP) is 2.63. The van der Waals surface area contributed by atoms with E-state index < -0.39 is 11.6 Å². The van der Waals surface area contributed by atoms with Gasteiger partial charge in [-0.25, -0.2) is 18.7 Å². The van der Waals surface area contributed by atoms with Crippen molar-refractivity contribution in [2.75, 3.05) is 13.7 Å². The van der Waals surface area contributed by atoms with Crippen molar-refractivity contribution in [1.29, 1.82) is 0 Å². The largest absolute Gasteiger partial charge is 0.497 e. The highest BCUT2D eigenvalue weighted by Gasteiger charge is 2.21. The molecule has 0 N–H and O–H groups in total. The van der Waals surface area contributed by atoms with E-state index in [4.69, 9.17) is 4.74 Å². The van der Waals surface area contributed by atoms with Gasteiger partial charge in [0.25, 0.3) is 0 Å². The van der Waals surface area contributed by atoms with Crippen molar-refractivity contribution in [2.45, 2.75) is 26.4 Å². The highest BCUT2D eigenvalue weighted by Crippen LogP contribution is 2.24. The summed E-state index contributed by atoms with van der Waals surface area (Å²) in [6, 6.07) is 2.42. The molecule has 22 heavy (non-hydrogen) atoms. The maximum absolute atomic E-state index is 14.0. The maximum Gasteiger partial charge on any atom is 0.134 e. The second-order valence-electron chi connectivity index (χ2n) is 5.42. The molecule has 3 rings (SSSR count). The van der Waals surface area contributed by atoms with Crippen LogP contribution in [0.1, 0.15) is 22.6 Å². The Morgan fingerprint density at radius 2 is 2.00 bits per heavy atom. The molecular formula is C16H17F2N3O. The second kappa shape index (κ2) is 5.96. The highest BCUT2D eigenvalue weighted by molar-refractivity contribution is 5.31. The van der Waals surface area contributed by atoms with Crippen molar-refractivity contribution in [3.63, 3.8) is 0 Å². The number of nitrogens with zero attached hydrogens (tertiary/aromatic N) is 3. The Kier molecular flexibility index (Phi) is 4.02. The Balaban J connectivity index is 1.79. The van der Waals surface area contributed by atoms with Crippen LogP contribution in [0.15, 0.2) is 18.3 Å². The van der Waals surface area contributed by atoms with Gasteiger partial charge in [0.1, 0.15) is 23.2 Å². The van der Waals surface area contributed by atoms with E-state index in [0.29, 0.717) is 13.1 Å². The van der Waals surface area contributed by atoms with Crippen molar-refractivity contribution in [3.05, 3.63) is 52.6 Å². The van der Waals surface area contributed by atoms with Crippen LogP contribution in [-0.4, -0.2) is 28.5 Å². The van der Waals surface area contributed by atoms with Gasteiger partial charge in [0.15, 0.2) is 0 Å². The Bertz CT molecular complexity index is 683. The minimum atomic E-state index is -0.581. The van der Waals surface area contributed by atoms with Crippen LogP contribution in [0.2, 0.25) is 0 Å². The molecule has 4 nitrogen and oxygen atoms in total. The lowest BCUT2D eigenvalue weighted by molar-refractivity contribution is 0.235. The number of aromatic nitrogens is 2. The first kappa shape index (κ1) is 14.8. The minimum absolute atomic E-state index is 0.0669. The maximum atomic E-state index is 14.0. The summed E-state index contributed by atoms with van der Waals surface area (Å²) >= 11 is 0. The van der Waals surface area contributed by atoms with E-state index in [9.17, 15) is 8.78 Å². The zero-order chi connectivity index (χ0) is 15.7. The number of aryl methyl sites for hydroxylation is 1. The lowest BCUT2D eigenvalue weighted by Crippen LogP contribution is -2.31. The molecule has 6 heteroatoms. The number of methoxy groups -OCH3 is 1. The van der Waals surface area contributed by atoms with Gasteiger partial charge < -0.3 is 4.74 Å². The molecule has 0 aliphatic carbocycles. The van der Waals surface area contributed by atoms with Gasteiger partial charge in [-0.05, 0) is 6.92 Å². The zero-order valence-electron chi connectivity index (χ0n) is 12.6. The van der Waals surface area contributed by atoms with Crippen LogP contribution < -0.4 is 4.74 Å². The summed E-state index contributed by atoms with van der Waals surface area (Å²) in [6.45, 7) is 3.39. The van der Waals surface area contributed by atoms with E-state index in [1.807, 2.05) is 11.8 Å². The number of hydrogen-bond donors (Lipinski definition) is 0. The molecule has 2 heterocycles. The Labute approximate surface area is 127 Å². The highest BCUT2D eigenvalue weighted by atomic mass is 19.1. The minimum Gasteiger partial charge on any atom is -0.497 e. The van der Waals surface area contributed by atoms with Gasteiger partial charge in [0, 0.05) is 61.2 Å². The quantitative estimate of drug-likeness (QED) is 0.874. The molecule has 0 bridgehead atoms. The molecule has 0 saturated carbocycles. The predicted molar refractivity (Wildman–Crippen MR) is 77.5 cm³/mol. The fraction of sp³-hybridized carbons (Fsp3) is 0.375. The van der Waals surface area contributed by atoms with Gasteiger partial charge in [-0.3, -0.25) is 4.90 Å². The second-order valence-corrected chi connectivity index (χ2v) is 5.42. The lowest BCUT2D eigenvalue weighted by atomic mass is 10.1. The molecule has 0 radical (unpaired) electrons. The summed E-state index contributed by atoms with van der Waals surface area (Å²) in [5.74, 6) is -0.225. The molecule has 2 aromatic rings. The summed E-state index contributed by atoms with van der Waals surface area (Å²) in [6.07, 6.45) is 2.56. The van der Waals surface area contributed by atoms with E-state index in [1.54, 1.807) is 6.20 Å². The van der Waals surface area contributed by atoms with Gasteiger partial charge in [0.2, 0.25) is 0 Å². The summed E-state index contributed by atoms with van der Waals surface area (Å²) in [5.41, 5.74) is 2.11. The first-order valence-electron chi connectivity index (χ1n) is 7.12. The van der Waals surface area contributed by atoms with Crippen LogP contribution >= 0.6 is 0 Å². The lowest BCUT2D eigenvalue weighted by Gasteiger charge is -2.28. The Morgan fingerprint density at radius 3 is 2.68 bits per heavy atom. The van der Waals surface area contributed by atoms with Crippen LogP contribution in [0.4, 0.5) is 8.78 Å². The van der Waals surface area contributed by atoms with Crippen molar-refractivity contribution in [3.8, 4) is 5.75 Å². The average molecular weight is 305 g/mol. The third kappa shape index (κ3) is 2.92. The number of fused-ring (bicyclic) bond motifs is 1. The van der Waals surface area contributed by atoms with Crippen LogP contribution in [0.25, 0.3) is 0 Å². The summed E-state index contributed by atoms with van der Waals surface area (Å²) in [4.78, 5) is 10.6. The van der Waals surface area contributed by atoms with Gasteiger partial charge in [-0.15, -0.1) is 0 Å². The first-order chi connectivity index (χ1) is 10.6. The fourth-order valence-electron chi connectivity index (χ4n) is 2.68. The van der Waals surface area contributed by atoms with Gasteiger partial charge >= 0.3 is 0 Å². The van der Waals surface area contributed by atoms with Crippen molar-refractivity contribution in [1.82, 2.24) is 14.9 Å². The van der Waals surface area contributed by atoms with E-state index in [2.05, 4.69) is 9.97 Å². The van der Waals surface area contributed by atoms with Crippen molar-refractivity contribution < 1.29 is 13.5 Å². The summed E-state index contributed by atoms with van der Waals surface area (Å²) < 4.78 is 32.9. The van der Waals surface area contributed by atoms with Gasteiger partial charge in [-0.1, -0.05) is 0 Å². The molecule has 0 amide bonds. The number of halogens is 2. The van der Waals surface area contributed by atoms with Crippen LogP contribution in [0.3, 0.4) is 0 Å². The van der Waals surface area contributed by atoms with Crippen LogP contribution in [-0.2, 0) is 19.5 Å². The molecule has 1 aromatic heterocycles. The third-order valence-corrected chi connectivity index (χ3v) is 3.87. The molecule has 116 valence electrons. The average Bonchev–Trinajstić information content (AvgIpc) is 2.50. The van der Waals surface area contributed by atoms with Crippen molar-refractivity contribution in [2.24, 2.45) is 0 Å². The van der Waals surface area contributed by atoms with Gasteiger partial charge in [-0.2, -0.15) is 0 Å². The Morgan fingerprint density at radius 1 is 1.27 bits per heavy atom. The number of benzene rings is 1. The van der Waals surface area contributed by atoms with Gasteiger partial charge in [0.05, 0.1) is 7.11 Å². The first-order valence-corrected chi connectivity index (χ1v) is 7.12. The zero-order valence-corrected chi connectivity index (χ0v) is 12.6. The van der Waals surface area contributed by atoms with E-state index in [1.165, 1.54) is 19.2 Å². The molecular weight excluding hydrogens is 288 g/mol. The molecule has 1 aliphatic rings. The topological polar surface area (TPSA) is 38.2 Å². The molecule has 0 unspecified atom stereocenters.